The van der Waals surface area contributed by atoms with E-state index >= 15 is 0 Å². The highest BCUT2D eigenvalue weighted by Crippen LogP contribution is 2.25. The van der Waals surface area contributed by atoms with Crippen LogP contribution in [0.25, 0.3) is 0 Å². The fourth-order valence-corrected chi connectivity index (χ4v) is 2.59. The van der Waals surface area contributed by atoms with Crippen LogP contribution in [0.5, 0.6) is 0 Å². The molecule has 5 heteroatoms. The van der Waals surface area contributed by atoms with Crippen LogP contribution in [0.2, 0.25) is 0 Å². The van der Waals surface area contributed by atoms with Gasteiger partial charge in [-0.3, -0.25) is 0 Å². The minimum atomic E-state index is -0.571. The van der Waals surface area contributed by atoms with Gasteiger partial charge in [0.05, 0.1) is 10.2 Å². The molecule has 1 heterocycles. The van der Waals surface area contributed by atoms with Crippen LogP contribution in [0.15, 0.2) is 16.6 Å². The first kappa shape index (κ1) is 13.7. The van der Waals surface area contributed by atoms with Crippen LogP contribution in [0, 0.1) is 11.6 Å². The second-order valence-electron chi connectivity index (χ2n) is 4.60. The summed E-state index contributed by atoms with van der Waals surface area (Å²) in [5.74, 6) is -1.10. The summed E-state index contributed by atoms with van der Waals surface area (Å²) in [5, 5.41) is 3.16. The number of rotatable bonds is 3. The molecular weight excluding hydrogens is 302 g/mol. The average Bonchev–Trinajstić information content (AvgIpc) is 2.37. The van der Waals surface area contributed by atoms with Gasteiger partial charge < -0.3 is 10.2 Å². The first-order valence-electron chi connectivity index (χ1n) is 6.23. The zero-order chi connectivity index (χ0) is 13.1. The molecule has 0 aromatic heterocycles. The summed E-state index contributed by atoms with van der Waals surface area (Å²) in [6.07, 6.45) is 1.98. The number of nitrogens with one attached hydrogen (secondary N) is 1. The maximum Gasteiger partial charge on any atom is 0.149 e. The van der Waals surface area contributed by atoms with E-state index in [4.69, 9.17) is 0 Å². The predicted molar refractivity (Wildman–Crippen MR) is 72.8 cm³/mol. The first-order chi connectivity index (χ1) is 8.60. The number of piperidine rings is 1. The monoisotopic (exact) mass is 318 g/mol. The molecule has 1 N–H and O–H groups in total. The van der Waals surface area contributed by atoms with Gasteiger partial charge in [-0.15, -0.1) is 0 Å². The highest BCUT2D eigenvalue weighted by atomic mass is 79.9. The Bertz CT molecular complexity index is 418. The molecule has 0 atom stereocenters. The van der Waals surface area contributed by atoms with Crippen LogP contribution in [0.3, 0.4) is 0 Å². The third-order valence-electron chi connectivity index (χ3n) is 3.40. The van der Waals surface area contributed by atoms with E-state index < -0.39 is 11.6 Å². The fourth-order valence-electron chi connectivity index (χ4n) is 2.25. The number of halogens is 3. The highest BCUT2D eigenvalue weighted by Gasteiger charge is 2.19. The molecule has 100 valence electrons. The molecular formula is C13H17BrF2N2. The van der Waals surface area contributed by atoms with E-state index in [0.29, 0.717) is 5.69 Å². The molecule has 1 aromatic rings. The van der Waals surface area contributed by atoms with Gasteiger partial charge in [-0.25, -0.2) is 8.78 Å². The van der Waals surface area contributed by atoms with Crippen molar-refractivity contribution in [2.75, 3.05) is 25.0 Å². The van der Waals surface area contributed by atoms with E-state index in [1.165, 1.54) is 6.07 Å². The van der Waals surface area contributed by atoms with Crippen molar-refractivity contribution in [3.05, 3.63) is 28.2 Å². The molecule has 1 saturated heterocycles. The Kier molecular flexibility index (Phi) is 4.56. The minimum absolute atomic E-state index is 0.264. The number of benzene rings is 1. The molecule has 0 amide bonds. The van der Waals surface area contributed by atoms with Crippen molar-refractivity contribution >= 4 is 21.6 Å². The Balaban J connectivity index is 2.00. The van der Waals surface area contributed by atoms with Gasteiger partial charge in [0.25, 0.3) is 0 Å². The summed E-state index contributed by atoms with van der Waals surface area (Å²) in [6, 6.07) is 2.64. The molecule has 0 saturated carbocycles. The van der Waals surface area contributed by atoms with E-state index in [-0.39, 0.29) is 10.5 Å². The van der Waals surface area contributed by atoms with E-state index in [1.807, 2.05) is 0 Å². The van der Waals surface area contributed by atoms with E-state index in [2.05, 4.69) is 33.1 Å². The maximum absolute atomic E-state index is 13.6. The first-order valence-corrected chi connectivity index (χ1v) is 7.03. The van der Waals surface area contributed by atoms with Crippen molar-refractivity contribution in [3.8, 4) is 0 Å². The Hall–Kier alpha value is -0.680. The van der Waals surface area contributed by atoms with Gasteiger partial charge >= 0.3 is 0 Å². The lowest BCUT2D eigenvalue weighted by molar-refractivity contribution is 0.229. The van der Waals surface area contributed by atoms with Crippen LogP contribution in [-0.2, 0) is 0 Å². The quantitative estimate of drug-likeness (QED) is 0.856. The van der Waals surface area contributed by atoms with Crippen molar-refractivity contribution in [3.63, 3.8) is 0 Å². The number of nitrogens with zero attached hydrogens (tertiary/aromatic N) is 1. The predicted octanol–water partition coefficient (Wildman–Crippen LogP) is 3.62. The highest BCUT2D eigenvalue weighted by molar-refractivity contribution is 9.10. The Morgan fingerprint density at radius 1 is 1.28 bits per heavy atom. The van der Waals surface area contributed by atoms with Gasteiger partial charge in [0.2, 0.25) is 0 Å². The standard InChI is InChI=1S/C13H17BrF2N2/c1-2-18-5-3-9(4-6-18)17-13-7-10(14)11(15)8-12(13)16/h7-9,17H,2-6H2,1H3. The number of hydrogen-bond donors (Lipinski definition) is 1. The minimum Gasteiger partial charge on any atom is -0.380 e. The molecule has 1 aromatic carbocycles. The zero-order valence-corrected chi connectivity index (χ0v) is 11.9. The molecule has 0 aliphatic carbocycles. The fraction of sp³-hybridized carbons (Fsp3) is 0.538. The van der Waals surface area contributed by atoms with E-state index in [9.17, 15) is 8.78 Å². The summed E-state index contributed by atoms with van der Waals surface area (Å²) in [7, 11) is 0. The Morgan fingerprint density at radius 2 is 1.94 bits per heavy atom. The molecule has 1 fully saturated rings. The molecule has 18 heavy (non-hydrogen) atoms. The largest absolute Gasteiger partial charge is 0.380 e. The lowest BCUT2D eigenvalue weighted by Gasteiger charge is -2.32. The summed E-state index contributed by atoms with van der Waals surface area (Å²) in [5.41, 5.74) is 0.373. The maximum atomic E-state index is 13.6. The Labute approximate surface area is 114 Å². The summed E-state index contributed by atoms with van der Waals surface area (Å²) in [4.78, 5) is 2.37. The SMILES string of the molecule is CCN1CCC(Nc2cc(Br)c(F)cc2F)CC1. The van der Waals surface area contributed by atoms with Gasteiger partial charge in [0, 0.05) is 25.2 Å². The smallest absolute Gasteiger partial charge is 0.149 e. The second kappa shape index (κ2) is 5.97. The molecule has 1 aliphatic rings. The van der Waals surface area contributed by atoms with Crippen LogP contribution in [-0.4, -0.2) is 30.6 Å². The zero-order valence-electron chi connectivity index (χ0n) is 10.3. The molecule has 0 bridgehead atoms. The van der Waals surface area contributed by atoms with Crippen molar-refractivity contribution in [2.24, 2.45) is 0 Å². The van der Waals surface area contributed by atoms with Crippen LogP contribution in [0.1, 0.15) is 19.8 Å². The third kappa shape index (κ3) is 3.20. The Morgan fingerprint density at radius 3 is 2.56 bits per heavy atom. The van der Waals surface area contributed by atoms with Gasteiger partial charge in [0.1, 0.15) is 11.6 Å². The van der Waals surface area contributed by atoms with Crippen molar-refractivity contribution in [2.45, 2.75) is 25.8 Å². The summed E-state index contributed by atoms with van der Waals surface area (Å²) < 4.78 is 27.0. The molecule has 2 nitrogen and oxygen atoms in total. The van der Waals surface area contributed by atoms with Crippen molar-refractivity contribution in [1.82, 2.24) is 4.90 Å². The van der Waals surface area contributed by atoms with Gasteiger partial charge in [0.15, 0.2) is 0 Å². The van der Waals surface area contributed by atoms with Crippen molar-refractivity contribution < 1.29 is 8.78 Å². The van der Waals surface area contributed by atoms with Crippen LogP contribution in [0.4, 0.5) is 14.5 Å². The second-order valence-corrected chi connectivity index (χ2v) is 5.45. The number of anilines is 1. The molecule has 0 unspecified atom stereocenters. The van der Waals surface area contributed by atoms with E-state index in [0.717, 1.165) is 38.5 Å². The molecule has 1 aliphatic heterocycles. The molecule has 2 rings (SSSR count). The topological polar surface area (TPSA) is 15.3 Å². The summed E-state index contributed by atoms with van der Waals surface area (Å²) in [6.45, 7) is 5.25. The molecule has 0 spiro atoms. The lowest BCUT2D eigenvalue weighted by atomic mass is 10.0. The van der Waals surface area contributed by atoms with Gasteiger partial charge in [-0.2, -0.15) is 0 Å². The van der Waals surface area contributed by atoms with Crippen molar-refractivity contribution in [1.29, 1.82) is 0 Å². The summed E-state index contributed by atoms with van der Waals surface area (Å²) >= 11 is 3.08. The average molecular weight is 319 g/mol. The third-order valence-corrected chi connectivity index (χ3v) is 4.01. The van der Waals surface area contributed by atoms with E-state index in [1.54, 1.807) is 0 Å². The van der Waals surface area contributed by atoms with Gasteiger partial charge in [-0.1, -0.05) is 6.92 Å². The molecule has 0 radical (unpaired) electrons. The van der Waals surface area contributed by atoms with Gasteiger partial charge in [-0.05, 0) is 41.4 Å². The number of likely N-dealkylation sites (tertiary alicyclic amines) is 1. The van der Waals surface area contributed by atoms with Crippen LogP contribution < -0.4 is 5.32 Å². The van der Waals surface area contributed by atoms with Crippen LogP contribution >= 0.6 is 15.9 Å². The lowest BCUT2D eigenvalue weighted by Crippen LogP contribution is -2.39. The normalized spacial score (nSPS) is 18.0. The number of hydrogen-bond acceptors (Lipinski definition) is 2.